The molecule has 0 aliphatic heterocycles. The van der Waals surface area contributed by atoms with Gasteiger partial charge in [0, 0.05) is 11.2 Å². The number of pyridine rings is 1. The number of halogens is 3. The number of hydrogen-bond acceptors (Lipinski definition) is 5. The van der Waals surface area contributed by atoms with Crippen LogP contribution in [0.5, 0.6) is 0 Å². The molecule has 2 aromatic carbocycles. The second kappa shape index (κ2) is 9.71. The summed E-state index contributed by atoms with van der Waals surface area (Å²) in [6, 6.07) is 12.4. The Balaban J connectivity index is 1.79. The maximum absolute atomic E-state index is 12.7. The normalized spacial score (nSPS) is 10.8. The molecule has 0 aliphatic rings. The van der Waals surface area contributed by atoms with Crippen LogP contribution in [0.2, 0.25) is 15.1 Å². The molecule has 1 aromatic heterocycles. The van der Waals surface area contributed by atoms with Gasteiger partial charge in [0.25, 0.3) is 5.91 Å². The zero-order chi connectivity index (χ0) is 21.7. The molecule has 30 heavy (non-hydrogen) atoms. The lowest BCUT2D eigenvalue weighted by molar-refractivity contribution is 0.102. The van der Waals surface area contributed by atoms with Crippen molar-refractivity contribution in [1.82, 2.24) is 4.98 Å². The number of carbonyl (C=O) groups is 1. The molecule has 3 N–H and O–H groups in total. The highest BCUT2D eigenvalue weighted by molar-refractivity contribution is 6.35. The summed E-state index contributed by atoms with van der Waals surface area (Å²) < 4.78 is 0. The van der Waals surface area contributed by atoms with Crippen molar-refractivity contribution in [2.75, 3.05) is 10.7 Å². The van der Waals surface area contributed by atoms with Crippen molar-refractivity contribution in [3.8, 4) is 11.1 Å². The maximum atomic E-state index is 12.7. The van der Waals surface area contributed by atoms with Crippen molar-refractivity contribution < 1.29 is 4.79 Å². The van der Waals surface area contributed by atoms with Crippen LogP contribution in [0.15, 0.2) is 53.8 Å². The van der Waals surface area contributed by atoms with Gasteiger partial charge in [-0.3, -0.25) is 10.2 Å². The number of rotatable bonds is 6. The van der Waals surface area contributed by atoms with Crippen molar-refractivity contribution in [3.63, 3.8) is 0 Å². The second-order valence-corrected chi connectivity index (χ2v) is 7.39. The van der Waals surface area contributed by atoms with Gasteiger partial charge in [0.2, 0.25) is 0 Å². The lowest BCUT2D eigenvalue weighted by Crippen LogP contribution is -2.13. The first kappa shape index (κ1) is 21.8. The predicted octanol–water partition coefficient (Wildman–Crippen LogP) is 6.32. The summed E-state index contributed by atoms with van der Waals surface area (Å²) in [4.78, 5) is 16.8. The molecule has 0 unspecified atom stereocenters. The van der Waals surface area contributed by atoms with Gasteiger partial charge in [-0.1, -0.05) is 53.0 Å². The molecule has 0 aliphatic carbocycles. The summed E-state index contributed by atoms with van der Waals surface area (Å²) in [5, 5.41) is 14.6. The summed E-state index contributed by atoms with van der Waals surface area (Å²) in [6.45, 7) is 1.93. The summed E-state index contributed by atoms with van der Waals surface area (Å²) in [7, 11) is 0. The Labute approximate surface area is 188 Å². The number of aromatic nitrogens is 1. The maximum Gasteiger partial charge on any atom is 0.257 e. The lowest BCUT2D eigenvalue weighted by Gasteiger charge is -2.11. The molecule has 152 valence electrons. The Morgan fingerprint density at radius 1 is 1.10 bits per heavy atom. The van der Waals surface area contributed by atoms with Crippen molar-refractivity contribution in [1.29, 1.82) is 5.41 Å². The van der Waals surface area contributed by atoms with E-state index in [0.717, 1.165) is 22.9 Å². The monoisotopic (exact) mass is 459 g/mol. The molecular formula is C21H16Cl3N5O. The highest BCUT2D eigenvalue weighted by atomic mass is 35.5. The van der Waals surface area contributed by atoms with E-state index in [-0.39, 0.29) is 5.02 Å². The van der Waals surface area contributed by atoms with E-state index >= 15 is 0 Å². The van der Waals surface area contributed by atoms with Gasteiger partial charge in [0.15, 0.2) is 5.82 Å². The van der Waals surface area contributed by atoms with Crippen LogP contribution in [0.4, 0.5) is 11.5 Å². The van der Waals surface area contributed by atoms with Gasteiger partial charge in [-0.15, -0.1) is 0 Å². The average molecular weight is 461 g/mol. The number of anilines is 2. The summed E-state index contributed by atoms with van der Waals surface area (Å²) in [5.74, 6) is -0.0955. The number of amides is 1. The van der Waals surface area contributed by atoms with Gasteiger partial charge in [0.05, 0.1) is 33.7 Å². The van der Waals surface area contributed by atoms with Crippen molar-refractivity contribution in [2.24, 2.45) is 5.10 Å². The van der Waals surface area contributed by atoms with Gasteiger partial charge in [-0.2, -0.15) is 5.10 Å². The van der Waals surface area contributed by atoms with Crippen LogP contribution in [0.1, 0.15) is 15.9 Å². The van der Waals surface area contributed by atoms with E-state index in [0.29, 0.717) is 27.1 Å². The van der Waals surface area contributed by atoms with E-state index in [4.69, 9.17) is 40.2 Å². The van der Waals surface area contributed by atoms with Crippen molar-refractivity contribution >= 4 is 64.6 Å². The van der Waals surface area contributed by atoms with Gasteiger partial charge in [0.1, 0.15) is 0 Å². The van der Waals surface area contributed by atoms with Crippen LogP contribution in [-0.2, 0) is 0 Å². The molecule has 0 saturated heterocycles. The van der Waals surface area contributed by atoms with E-state index < -0.39 is 5.91 Å². The first-order chi connectivity index (χ1) is 14.4. The molecule has 0 atom stereocenters. The number of nitrogens with one attached hydrogen (secondary N) is 3. The summed E-state index contributed by atoms with van der Waals surface area (Å²) in [6.07, 6.45) is 3.69. The van der Waals surface area contributed by atoms with Crippen molar-refractivity contribution in [3.05, 3.63) is 74.9 Å². The van der Waals surface area contributed by atoms with Crippen LogP contribution in [-0.4, -0.2) is 23.3 Å². The number of hydrogen-bond donors (Lipinski definition) is 3. The fourth-order valence-electron chi connectivity index (χ4n) is 2.71. The Hall–Kier alpha value is -2.93. The van der Waals surface area contributed by atoms with E-state index in [2.05, 4.69) is 20.8 Å². The number of benzene rings is 2. The molecular weight excluding hydrogens is 445 g/mol. The molecule has 0 spiro atoms. The third-order valence-corrected chi connectivity index (χ3v) is 5.22. The summed E-state index contributed by atoms with van der Waals surface area (Å²) >= 11 is 18.7. The standard InChI is InChI=1S/C21H16Cl3N5O/c1-12-15(3-2-4-17(12)22)13-5-6-16(18(23)9-13)21(30)28-14-10-19(24)20(26-11-14)29-27-8-7-25/h2-11,25H,1H3,(H,26,29)(H,28,30)/b25-7?,27-8-. The Morgan fingerprint density at radius 3 is 2.60 bits per heavy atom. The third-order valence-electron chi connectivity index (χ3n) is 4.21. The van der Waals surface area contributed by atoms with Crippen LogP contribution in [0.3, 0.4) is 0 Å². The molecule has 0 bridgehead atoms. The van der Waals surface area contributed by atoms with Crippen LogP contribution >= 0.6 is 34.8 Å². The highest BCUT2D eigenvalue weighted by Gasteiger charge is 2.14. The molecule has 9 heteroatoms. The van der Waals surface area contributed by atoms with Crippen molar-refractivity contribution in [2.45, 2.75) is 6.92 Å². The minimum atomic E-state index is -0.394. The highest BCUT2D eigenvalue weighted by Crippen LogP contribution is 2.31. The topological polar surface area (TPSA) is 90.2 Å². The van der Waals surface area contributed by atoms with E-state index in [1.807, 2.05) is 31.2 Å². The molecule has 1 amide bonds. The van der Waals surface area contributed by atoms with E-state index in [9.17, 15) is 4.79 Å². The van der Waals surface area contributed by atoms with Gasteiger partial charge >= 0.3 is 0 Å². The van der Waals surface area contributed by atoms with Crippen LogP contribution in [0.25, 0.3) is 11.1 Å². The molecule has 0 radical (unpaired) electrons. The zero-order valence-corrected chi connectivity index (χ0v) is 18.0. The Kier molecular flexibility index (Phi) is 7.05. The number of hydrazone groups is 1. The van der Waals surface area contributed by atoms with Gasteiger partial charge in [-0.05, 0) is 47.9 Å². The largest absolute Gasteiger partial charge is 0.320 e. The fraction of sp³-hybridized carbons (Fsp3) is 0.0476. The predicted molar refractivity (Wildman–Crippen MR) is 125 cm³/mol. The van der Waals surface area contributed by atoms with E-state index in [1.165, 1.54) is 18.5 Å². The minimum absolute atomic E-state index is 0.257. The molecule has 6 nitrogen and oxygen atoms in total. The molecule has 1 heterocycles. The number of nitrogens with zero attached hydrogens (tertiary/aromatic N) is 2. The SMILES string of the molecule is Cc1c(Cl)cccc1-c1ccc(C(=O)Nc2cnc(N/N=C\C=N)c(Cl)c2)c(Cl)c1. The fourth-order valence-corrected chi connectivity index (χ4v) is 3.36. The molecule has 3 rings (SSSR count). The van der Waals surface area contributed by atoms with Crippen LogP contribution in [0, 0.1) is 12.3 Å². The van der Waals surface area contributed by atoms with Crippen LogP contribution < -0.4 is 10.7 Å². The first-order valence-electron chi connectivity index (χ1n) is 8.70. The smallest absolute Gasteiger partial charge is 0.257 e. The van der Waals surface area contributed by atoms with E-state index in [1.54, 1.807) is 12.1 Å². The molecule has 3 aromatic rings. The summed E-state index contributed by atoms with van der Waals surface area (Å²) in [5.41, 5.74) is 6.06. The Morgan fingerprint density at radius 2 is 1.90 bits per heavy atom. The molecule has 0 fully saturated rings. The lowest BCUT2D eigenvalue weighted by atomic mass is 9.99. The third kappa shape index (κ3) is 4.97. The first-order valence-corrected chi connectivity index (χ1v) is 9.84. The zero-order valence-electron chi connectivity index (χ0n) is 15.7. The number of carbonyl (C=O) groups excluding carboxylic acids is 1. The van der Waals surface area contributed by atoms with Gasteiger partial charge < -0.3 is 10.7 Å². The quantitative estimate of drug-likeness (QED) is 0.297. The minimum Gasteiger partial charge on any atom is -0.320 e. The van der Waals surface area contributed by atoms with Gasteiger partial charge in [-0.25, -0.2) is 4.98 Å². The second-order valence-electron chi connectivity index (χ2n) is 6.17. The molecule has 0 saturated carbocycles. The Bertz CT molecular complexity index is 1150. The average Bonchev–Trinajstić information content (AvgIpc) is 2.71.